The van der Waals surface area contributed by atoms with E-state index < -0.39 is 0 Å². The van der Waals surface area contributed by atoms with E-state index in [1.807, 2.05) is 0 Å². The van der Waals surface area contributed by atoms with Crippen LogP contribution in [0, 0.1) is 0 Å². The summed E-state index contributed by atoms with van der Waals surface area (Å²) in [7, 11) is 15.8. The molecule has 0 saturated carbocycles. The molecule has 1 heterocycles. The Labute approximate surface area is 386 Å². The second-order valence-corrected chi connectivity index (χ2v) is 17.8. The van der Waals surface area contributed by atoms with Crippen molar-refractivity contribution < 1.29 is 0 Å². The maximum atomic E-state index is 5.43. The molecule has 0 aliphatic carbocycles. The normalized spacial score (nSPS) is 11.5. The molecule has 298 valence electrons. The number of hydrogen-bond acceptors (Lipinski definition) is 3. The third-order valence-corrected chi connectivity index (χ3v) is 14.3. The van der Waals surface area contributed by atoms with Crippen molar-refractivity contribution in [2.75, 3.05) is 0 Å². The lowest BCUT2D eigenvalue weighted by molar-refractivity contribution is 1.08. The van der Waals surface area contributed by atoms with Gasteiger partial charge in [0.05, 0.1) is 0 Å². The lowest BCUT2D eigenvalue weighted by Gasteiger charge is -2.24. The standard InChI is InChI=1S/C55H42B7N3/c56-46-43-44(48(58)52(62)51(46)61)47(57)50(60)49(59)45(43)55-64-53(63-54(65-55)40-23-21-35-24-32(16-17-37(35)28-40)29-8-2-1-3-9-29)39-13-6-12-31(27-39)33-18-19-36-26-38(22-20-34(36)25-33)42-15-7-11-30-10-4-5-14-41(30)42/h1-28H,56-62H2. The van der Waals surface area contributed by atoms with Crippen molar-refractivity contribution in [3.8, 4) is 67.5 Å². The Morgan fingerprint density at radius 3 is 1.37 bits per heavy atom. The van der Waals surface area contributed by atoms with Gasteiger partial charge in [0.25, 0.3) is 0 Å². The molecule has 10 heteroatoms. The monoisotopic (exact) mass is 821 g/mol. The van der Waals surface area contributed by atoms with Crippen molar-refractivity contribution in [1.82, 2.24) is 15.0 Å². The summed E-state index contributed by atoms with van der Waals surface area (Å²) in [5, 5.41) is 9.76. The molecule has 0 aliphatic heterocycles. The third-order valence-electron chi connectivity index (χ3n) is 14.3. The molecule has 0 amide bonds. The molecule has 1 aromatic heterocycles. The number of rotatable bonds is 6. The summed E-state index contributed by atoms with van der Waals surface area (Å²) < 4.78 is 0. The third kappa shape index (κ3) is 7.00. The maximum absolute atomic E-state index is 5.43. The second kappa shape index (κ2) is 16.0. The van der Waals surface area contributed by atoms with E-state index in [1.165, 1.54) is 98.2 Å². The molecule has 0 atom stereocenters. The van der Waals surface area contributed by atoms with Crippen LogP contribution < -0.4 is 38.2 Å². The first-order chi connectivity index (χ1) is 31.6. The van der Waals surface area contributed by atoms with Crippen LogP contribution >= 0.6 is 0 Å². The van der Waals surface area contributed by atoms with Gasteiger partial charge in [0.15, 0.2) is 17.5 Å². The number of nitrogens with zero attached hydrogens (tertiary/aromatic N) is 3. The Morgan fingerprint density at radius 1 is 0.262 bits per heavy atom. The Kier molecular flexibility index (Phi) is 9.99. The van der Waals surface area contributed by atoms with Gasteiger partial charge in [-0.25, -0.2) is 15.0 Å². The largest absolute Gasteiger partial charge is 0.208 e. The van der Waals surface area contributed by atoms with Crippen molar-refractivity contribution in [3.05, 3.63) is 170 Å². The molecule has 65 heavy (non-hydrogen) atoms. The van der Waals surface area contributed by atoms with Crippen molar-refractivity contribution >= 4 is 136 Å². The molecule has 0 aliphatic rings. The molecule has 11 aromatic rings. The van der Waals surface area contributed by atoms with Gasteiger partial charge in [-0.15, -0.1) is 16.4 Å². The van der Waals surface area contributed by atoms with Crippen LogP contribution in [0.15, 0.2) is 170 Å². The molecule has 3 nitrogen and oxygen atoms in total. The van der Waals surface area contributed by atoms with Crippen molar-refractivity contribution in [3.63, 3.8) is 0 Å². The van der Waals surface area contributed by atoms with Crippen LogP contribution in [0.4, 0.5) is 0 Å². The summed E-state index contributed by atoms with van der Waals surface area (Å²) in [6, 6.07) is 61.2. The van der Waals surface area contributed by atoms with E-state index in [0.717, 1.165) is 33.2 Å². The van der Waals surface area contributed by atoms with Gasteiger partial charge >= 0.3 is 0 Å². The summed E-state index contributed by atoms with van der Waals surface area (Å²) in [6.07, 6.45) is 0. The molecule has 11 rings (SSSR count). The molecule has 0 fully saturated rings. The average Bonchev–Trinajstić information content (AvgIpc) is 3.36. The molecule has 0 unspecified atom stereocenters. The SMILES string of the molecule is Bc1c(B)c(B)c2c(-c3nc(-c4cccc(-c5ccc6cc(-c7cccc8ccccc78)ccc6c5)c4)nc(-c4ccc5cc(-c6ccccc6)ccc5c4)n3)c(B)c(B)c(B)c2c1B. The van der Waals surface area contributed by atoms with E-state index in [-0.39, 0.29) is 0 Å². The van der Waals surface area contributed by atoms with Crippen LogP contribution in [0.25, 0.3) is 111 Å². The van der Waals surface area contributed by atoms with E-state index in [0.29, 0.717) is 17.5 Å². The molecule has 10 aromatic carbocycles. The molecular weight excluding hydrogens is 778 g/mol. The fourth-order valence-corrected chi connectivity index (χ4v) is 10.1. The average molecular weight is 821 g/mol. The highest BCUT2D eigenvalue weighted by Crippen LogP contribution is 2.35. The van der Waals surface area contributed by atoms with Crippen LogP contribution in [-0.2, 0) is 0 Å². The first-order valence-corrected chi connectivity index (χ1v) is 22.6. The second-order valence-electron chi connectivity index (χ2n) is 17.8. The number of fused-ring (bicyclic) bond motifs is 4. The van der Waals surface area contributed by atoms with Gasteiger partial charge in [-0.1, -0.05) is 161 Å². The molecule has 0 spiro atoms. The minimum Gasteiger partial charge on any atom is -0.208 e. The van der Waals surface area contributed by atoms with Crippen molar-refractivity contribution in [1.29, 1.82) is 0 Å². The Morgan fingerprint density at radius 2 is 0.692 bits per heavy atom. The van der Waals surface area contributed by atoms with Crippen LogP contribution in [0.1, 0.15) is 0 Å². The number of aromatic nitrogens is 3. The fraction of sp³-hybridized carbons (Fsp3) is 0. The van der Waals surface area contributed by atoms with Gasteiger partial charge in [0, 0.05) is 16.7 Å². The van der Waals surface area contributed by atoms with E-state index >= 15 is 0 Å². The highest BCUT2D eigenvalue weighted by molar-refractivity contribution is 6.71. The van der Waals surface area contributed by atoms with E-state index in [1.54, 1.807) is 0 Å². The molecule has 0 radical (unpaired) electrons. The first-order valence-electron chi connectivity index (χ1n) is 22.6. The number of hydrogen-bond donors (Lipinski definition) is 0. The topological polar surface area (TPSA) is 38.7 Å². The van der Waals surface area contributed by atoms with Crippen LogP contribution in [0.3, 0.4) is 0 Å². The zero-order valence-corrected chi connectivity index (χ0v) is 38.0. The quantitative estimate of drug-likeness (QED) is 0.242. The highest BCUT2D eigenvalue weighted by Gasteiger charge is 2.23. The zero-order chi connectivity index (χ0) is 44.5. The van der Waals surface area contributed by atoms with E-state index in [9.17, 15) is 0 Å². The van der Waals surface area contributed by atoms with Crippen molar-refractivity contribution in [2.45, 2.75) is 0 Å². The fourth-order valence-electron chi connectivity index (χ4n) is 10.1. The van der Waals surface area contributed by atoms with Gasteiger partial charge in [-0.2, -0.15) is 0 Å². The summed E-state index contributed by atoms with van der Waals surface area (Å²) >= 11 is 0. The Bertz CT molecular complexity index is 3750. The minimum atomic E-state index is 0.649. The summed E-state index contributed by atoms with van der Waals surface area (Å²) in [5.41, 5.74) is 19.1. The van der Waals surface area contributed by atoms with Gasteiger partial charge in [-0.3, -0.25) is 0 Å². The first kappa shape index (κ1) is 40.5. The van der Waals surface area contributed by atoms with E-state index in [2.05, 4.69) is 225 Å². The zero-order valence-electron chi connectivity index (χ0n) is 38.0. The molecule has 0 saturated heterocycles. The summed E-state index contributed by atoms with van der Waals surface area (Å²) in [4.78, 5) is 16.2. The molecular formula is C55H42B7N3. The van der Waals surface area contributed by atoms with Gasteiger partial charge in [-0.05, 0) is 107 Å². The van der Waals surface area contributed by atoms with Gasteiger partial charge in [0.2, 0.25) is 0 Å². The maximum Gasteiger partial charge on any atom is 0.164 e. The summed E-state index contributed by atoms with van der Waals surface area (Å²) in [5.74, 6) is 2.00. The highest BCUT2D eigenvalue weighted by atomic mass is 15.0. The number of benzene rings is 10. The molecule has 0 bridgehead atoms. The van der Waals surface area contributed by atoms with Crippen LogP contribution in [-0.4, -0.2) is 69.9 Å². The van der Waals surface area contributed by atoms with Gasteiger partial charge < -0.3 is 0 Å². The predicted octanol–water partition coefficient (Wildman–Crippen LogP) is 2.30. The van der Waals surface area contributed by atoms with E-state index in [4.69, 9.17) is 15.0 Å². The Hall–Kier alpha value is -7.30. The van der Waals surface area contributed by atoms with Crippen LogP contribution in [0.2, 0.25) is 0 Å². The predicted molar refractivity (Wildman–Crippen MR) is 300 cm³/mol. The van der Waals surface area contributed by atoms with Crippen LogP contribution in [0.5, 0.6) is 0 Å². The molecule has 0 N–H and O–H groups in total. The van der Waals surface area contributed by atoms with Gasteiger partial charge in [0.1, 0.15) is 54.9 Å². The smallest absolute Gasteiger partial charge is 0.164 e. The Balaban J connectivity index is 1.06. The summed E-state index contributed by atoms with van der Waals surface area (Å²) in [6.45, 7) is 0. The van der Waals surface area contributed by atoms with Crippen molar-refractivity contribution in [2.24, 2.45) is 0 Å². The lowest BCUT2D eigenvalue weighted by atomic mass is 9.59. The minimum absolute atomic E-state index is 0.649. The lowest BCUT2D eigenvalue weighted by Crippen LogP contribution is -2.52.